The van der Waals surface area contributed by atoms with E-state index in [1.165, 1.54) is 31.5 Å². The van der Waals surface area contributed by atoms with Crippen LogP contribution in [-0.4, -0.2) is 52.9 Å². The van der Waals surface area contributed by atoms with E-state index in [0.717, 1.165) is 49.2 Å². The van der Waals surface area contributed by atoms with E-state index in [-0.39, 0.29) is 36.8 Å². The second-order valence-electron chi connectivity index (χ2n) is 8.00. The largest absolute Gasteiger partial charge is 0.334 e. The Kier molecular flexibility index (Phi) is 9.56. The number of rotatable bonds is 5. The quantitative estimate of drug-likeness (QED) is 0.742. The molecule has 3 heterocycles. The van der Waals surface area contributed by atoms with Crippen LogP contribution in [0.4, 0.5) is 0 Å². The number of nitrogens with two attached hydrogens (primary N) is 1. The van der Waals surface area contributed by atoms with Gasteiger partial charge in [0, 0.05) is 43.0 Å². The molecule has 4 rings (SSSR count). The van der Waals surface area contributed by atoms with E-state index in [1.807, 2.05) is 35.4 Å². The summed E-state index contributed by atoms with van der Waals surface area (Å²) in [6.07, 6.45) is 7.82. The van der Waals surface area contributed by atoms with Crippen LogP contribution in [0.2, 0.25) is 0 Å². The van der Waals surface area contributed by atoms with Gasteiger partial charge in [0.05, 0.1) is 5.69 Å². The van der Waals surface area contributed by atoms with Gasteiger partial charge in [-0.1, -0.05) is 18.2 Å². The number of nitrogens with zero attached hydrogens (tertiary/aromatic N) is 3. The van der Waals surface area contributed by atoms with Crippen LogP contribution in [-0.2, 0) is 6.54 Å². The maximum absolute atomic E-state index is 12.9. The number of pyridine rings is 1. The van der Waals surface area contributed by atoms with Crippen LogP contribution in [0.15, 0.2) is 42.6 Å². The predicted molar refractivity (Wildman–Crippen MR) is 126 cm³/mol. The van der Waals surface area contributed by atoms with Gasteiger partial charge in [-0.2, -0.15) is 0 Å². The summed E-state index contributed by atoms with van der Waals surface area (Å²) < 4.78 is 0. The molecule has 2 aliphatic heterocycles. The van der Waals surface area contributed by atoms with E-state index in [0.29, 0.717) is 6.54 Å². The number of amides is 1. The minimum Gasteiger partial charge on any atom is -0.334 e. The Morgan fingerprint density at radius 2 is 1.67 bits per heavy atom. The van der Waals surface area contributed by atoms with Crippen molar-refractivity contribution in [3.05, 3.63) is 53.7 Å². The van der Waals surface area contributed by atoms with E-state index in [2.05, 4.69) is 22.0 Å². The van der Waals surface area contributed by atoms with Crippen LogP contribution in [0.5, 0.6) is 0 Å². The van der Waals surface area contributed by atoms with Crippen LogP contribution >= 0.6 is 24.8 Å². The highest BCUT2D eigenvalue weighted by atomic mass is 35.5. The Hall–Kier alpha value is -1.66. The van der Waals surface area contributed by atoms with Crippen LogP contribution in [0.25, 0.3) is 11.3 Å². The summed E-state index contributed by atoms with van der Waals surface area (Å²) in [4.78, 5) is 21.9. The molecule has 0 aliphatic carbocycles. The topological polar surface area (TPSA) is 62.5 Å². The van der Waals surface area contributed by atoms with Gasteiger partial charge in [-0.05, 0) is 69.0 Å². The number of aromatic nitrogens is 1. The molecule has 0 bridgehead atoms. The molecule has 7 heteroatoms. The molecular weight excluding hydrogens is 419 g/mol. The van der Waals surface area contributed by atoms with Crippen molar-refractivity contribution in [1.29, 1.82) is 0 Å². The first-order chi connectivity index (χ1) is 13.7. The highest BCUT2D eigenvalue weighted by Crippen LogP contribution is 2.22. The molecule has 1 atom stereocenters. The third-order valence-electron chi connectivity index (χ3n) is 6.02. The molecule has 1 aromatic heterocycles. The van der Waals surface area contributed by atoms with Crippen LogP contribution in [0.3, 0.4) is 0 Å². The van der Waals surface area contributed by atoms with Crippen molar-refractivity contribution in [1.82, 2.24) is 14.8 Å². The fourth-order valence-corrected chi connectivity index (χ4v) is 4.35. The van der Waals surface area contributed by atoms with Gasteiger partial charge in [-0.3, -0.25) is 14.7 Å². The lowest BCUT2D eigenvalue weighted by Gasteiger charge is -2.35. The van der Waals surface area contributed by atoms with Gasteiger partial charge in [0.15, 0.2) is 0 Å². The van der Waals surface area contributed by atoms with E-state index in [1.54, 1.807) is 0 Å². The molecule has 164 valence electrons. The summed E-state index contributed by atoms with van der Waals surface area (Å²) >= 11 is 0. The number of hydrogen-bond acceptors (Lipinski definition) is 4. The summed E-state index contributed by atoms with van der Waals surface area (Å²) in [5, 5.41) is 0. The van der Waals surface area contributed by atoms with Crippen molar-refractivity contribution in [2.75, 3.05) is 26.2 Å². The number of likely N-dealkylation sites (tertiary alicyclic amines) is 2. The normalized spacial score (nSPS) is 19.1. The molecule has 0 saturated carbocycles. The summed E-state index contributed by atoms with van der Waals surface area (Å²) in [5.41, 5.74) is 9.85. The zero-order valence-electron chi connectivity index (χ0n) is 17.3. The number of carbonyl (C=O) groups excluding carboxylic acids is 1. The first kappa shape index (κ1) is 24.6. The lowest BCUT2D eigenvalue weighted by atomic mass is 10.00. The molecule has 0 radical (unpaired) electrons. The zero-order chi connectivity index (χ0) is 19.3. The molecule has 5 nitrogen and oxygen atoms in total. The maximum atomic E-state index is 12.9. The van der Waals surface area contributed by atoms with Crippen molar-refractivity contribution < 1.29 is 4.79 Å². The summed E-state index contributed by atoms with van der Waals surface area (Å²) in [6, 6.07) is 12.2. The van der Waals surface area contributed by atoms with Crippen LogP contribution < -0.4 is 5.73 Å². The Morgan fingerprint density at radius 1 is 0.967 bits per heavy atom. The van der Waals surface area contributed by atoms with E-state index in [9.17, 15) is 4.79 Å². The summed E-state index contributed by atoms with van der Waals surface area (Å²) in [6.45, 7) is 4.72. The van der Waals surface area contributed by atoms with Gasteiger partial charge < -0.3 is 10.6 Å². The second-order valence-corrected chi connectivity index (χ2v) is 8.00. The summed E-state index contributed by atoms with van der Waals surface area (Å²) in [5.74, 6) is 0.0932. The molecule has 2 fully saturated rings. The van der Waals surface area contributed by atoms with E-state index >= 15 is 0 Å². The standard InChI is InChI=1S/C23H30N4O.2ClH/c24-15-21-5-1-2-14-27(21)23(28)20-9-7-19(8-10-20)22-11-6-18(16-25-22)17-26-12-3-4-13-26;;/h6-11,16,21H,1-5,12-15,17,24H2;2*1H. The smallest absolute Gasteiger partial charge is 0.254 e. The minimum absolute atomic E-state index is 0. The number of piperidine rings is 1. The average Bonchev–Trinajstić information content (AvgIpc) is 3.27. The molecule has 1 aromatic carbocycles. The second kappa shape index (κ2) is 11.7. The van der Waals surface area contributed by atoms with Crippen LogP contribution in [0, 0.1) is 0 Å². The Labute approximate surface area is 191 Å². The molecule has 1 unspecified atom stereocenters. The van der Waals surface area contributed by atoms with E-state index < -0.39 is 0 Å². The lowest BCUT2D eigenvalue weighted by Crippen LogP contribution is -2.47. The number of hydrogen-bond donors (Lipinski definition) is 1. The van der Waals surface area contributed by atoms with Crippen LogP contribution in [0.1, 0.15) is 48.0 Å². The molecule has 2 aliphatic rings. The molecule has 0 spiro atoms. The Morgan fingerprint density at radius 3 is 2.30 bits per heavy atom. The molecule has 1 amide bonds. The third kappa shape index (κ3) is 5.73. The molecule has 30 heavy (non-hydrogen) atoms. The molecule has 2 saturated heterocycles. The van der Waals surface area contributed by atoms with Crippen molar-refractivity contribution in [2.45, 2.75) is 44.7 Å². The SMILES string of the molecule is Cl.Cl.NCC1CCCCN1C(=O)c1ccc(-c2ccc(CN3CCCC3)cn2)cc1. The van der Waals surface area contributed by atoms with Crippen molar-refractivity contribution >= 4 is 30.7 Å². The Bertz CT molecular complexity index is 792. The molecule has 2 aromatic rings. The summed E-state index contributed by atoms with van der Waals surface area (Å²) in [7, 11) is 0. The highest BCUT2D eigenvalue weighted by Gasteiger charge is 2.26. The van der Waals surface area contributed by atoms with E-state index in [4.69, 9.17) is 5.73 Å². The number of carbonyl (C=O) groups is 1. The zero-order valence-corrected chi connectivity index (χ0v) is 19.0. The van der Waals surface area contributed by atoms with Crippen molar-refractivity contribution in [3.63, 3.8) is 0 Å². The molecule has 2 N–H and O–H groups in total. The number of halogens is 2. The van der Waals surface area contributed by atoms with Gasteiger partial charge >= 0.3 is 0 Å². The fraction of sp³-hybridized carbons (Fsp3) is 0.478. The first-order valence-electron chi connectivity index (χ1n) is 10.5. The monoisotopic (exact) mass is 450 g/mol. The first-order valence-corrected chi connectivity index (χ1v) is 10.5. The van der Waals surface area contributed by atoms with Gasteiger partial charge in [0.25, 0.3) is 5.91 Å². The highest BCUT2D eigenvalue weighted by molar-refractivity contribution is 5.95. The third-order valence-corrected chi connectivity index (χ3v) is 6.02. The van der Waals surface area contributed by atoms with Gasteiger partial charge in [0.2, 0.25) is 0 Å². The fourth-order valence-electron chi connectivity index (χ4n) is 4.35. The van der Waals surface area contributed by atoms with Crippen molar-refractivity contribution in [2.24, 2.45) is 5.73 Å². The Balaban J connectivity index is 0.00000160. The molecular formula is C23H32Cl2N4O. The maximum Gasteiger partial charge on any atom is 0.254 e. The van der Waals surface area contributed by atoms with Gasteiger partial charge in [-0.15, -0.1) is 24.8 Å². The van der Waals surface area contributed by atoms with Crippen molar-refractivity contribution in [3.8, 4) is 11.3 Å². The van der Waals surface area contributed by atoms with Gasteiger partial charge in [-0.25, -0.2) is 0 Å². The van der Waals surface area contributed by atoms with Gasteiger partial charge in [0.1, 0.15) is 0 Å². The number of benzene rings is 1. The predicted octanol–water partition coefficient (Wildman–Crippen LogP) is 4.14. The lowest BCUT2D eigenvalue weighted by molar-refractivity contribution is 0.0623. The average molecular weight is 451 g/mol. The minimum atomic E-state index is 0.